The summed E-state index contributed by atoms with van der Waals surface area (Å²) >= 11 is 1.91. The van der Waals surface area contributed by atoms with E-state index in [9.17, 15) is 0 Å². The van der Waals surface area contributed by atoms with Gasteiger partial charge in [-0.05, 0) is 71.5 Å². The summed E-state index contributed by atoms with van der Waals surface area (Å²) in [5, 5.41) is 5.33. The smallest absolute Gasteiger partial charge is 0.0434 e. The predicted molar refractivity (Wildman–Crippen MR) is 167 cm³/mol. The van der Waals surface area contributed by atoms with Crippen molar-refractivity contribution in [3.05, 3.63) is 132 Å². The fraction of sp³-hybridized carbons (Fsp3) is 0.0811. The van der Waals surface area contributed by atoms with Crippen LogP contribution in [0.3, 0.4) is 0 Å². The summed E-state index contributed by atoms with van der Waals surface area (Å²) in [5.41, 5.74) is 11.5. The Balaban J connectivity index is 1.54. The molecule has 0 aliphatic heterocycles. The summed E-state index contributed by atoms with van der Waals surface area (Å²) in [5.74, 6) is 0. The molecule has 1 heterocycles. The molecule has 0 aliphatic carbocycles. The molecule has 1 aromatic heterocycles. The zero-order valence-corrected chi connectivity index (χ0v) is 22.7. The first kappa shape index (κ1) is 23.0. The molecule has 0 amide bonds. The molecule has 0 fully saturated rings. The minimum absolute atomic E-state index is 1.25. The highest BCUT2D eigenvalue weighted by Crippen LogP contribution is 2.45. The maximum atomic E-state index is 2.40. The van der Waals surface area contributed by atoms with Gasteiger partial charge in [-0.25, -0.2) is 0 Å². The van der Waals surface area contributed by atoms with E-state index in [1.165, 1.54) is 81.0 Å². The van der Waals surface area contributed by atoms with Gasteiger partial charge in [-0.15, -0.1) is 11.3 Å². The Hall–Kier alpha value is -4.20. The molecule has 0 unspecified atom stereocenters. The van der Waals surface area contributed by atoms with Crippen molar-refractivity contribution >= 4 is 42.3 Å². The topological polar surface area (TPSA) is 0 Å². The maximum Gasteiger partial charge on any atom is 0.0434 e. The van der Waals surface area contributed by atoms with E-state index >= 15 is 0 Å². The normalized spacial score (nSPS) is 11.6. The van der Waals surface area contributed by atoms with Gasteiger partial charge in [-0.3, -0.25) is 0 Å². The van der Waals surface area contributed by atoms with E-state index in [0.29, 0.717) is 0 Å². The van der Waals surface area contributed by atoms with Crippen LogP contribution in [0.5, 0.6) is 0 Å². The molecule has 0 radical (unpaired) electrons. The lowest BCUT2D eigenvalue weighted by Gasteiger charge is -2.15. The predicted octanol–water partition coefficient (Wildman–Crippen LogP) is 11.1. The number of rotatable bonds is 3. The minimum atomic E-state index is 1.25. The van der Waals surface area contributed by atoms with Gasteiger partial charge in [0.05, 0.1) is 0 Å². The second-order valence-corrected chi connectivity index (χ2v) is 11.5. The third-order valence-electron chi connectivity index (χ3n) is 7.61. The van der Waals surface area contributed by atoms with E-state index in [0.717, 1.165) is 0 Å². The van der Waals surface area contributed by atoms with Crippen molar-refractivity contribution in [2.45, 2.75) is 20.8 Å². The summed E-state index contributed by atoms with van der Waals surface area (Å²) in [6.45, 7) is 6.51. The number of hydrogen-bond acceptors (Lipinski definition) is 1. The maximum absolute atomic E-state index is 2.40. The summed E-state index contributed by atoms with van der Waals surface area (Å²) in [6, 6.07) is 42.9. The van der Waals surface area contributed by atoms with Crippen molar-refractivity contribution in [1.82, 2.24) is 0 Å². The van der Waals surface area contributed by atoms with Crippen LogP contribution in [0.1, 0.15) is 16.7 Å². The van der Waals surface area contributed by atoms with Crippen LogP contribution in [0.2, 0.25) is 0 Å². The van der Waals surface area contributed by atoms with Crippen LogP contribution in [0, 0.1) is 20.8 Å². The standard InChI is InChI=1S/C37H28S/c1-23-11-13-27(14-12-23)30-17-15-28(29-20-24(2)19-25(3)21-29)22-34(30)32-9-6-10-33-36-31-8-5-4-7-26(31)16-18-35(36)38-37(32)33/h4-22H,1-3H3. The lowest BCUT2D eigenvalue weighted by atomic mass is 9.89. The van der Waals surface area contributed by atoms with Crippen LogP contribution in [0.15, 0.2) is 115 Å². The zero-order valence-electron chi connectivity index (χ0n) is 21.9. The van der Waals surface area contributed by atoms with Crippen LogP contribution >= 0.6 is 11.3 Å². The molecule has 182 valence electrons. The van der Waals surface area contributed by atoms with Gasteiger partial charge in [-0.2, -0.15) is 0 Å². The van der Waals surface area contributed by atoms with E-state index in [2.05, 4.69) is 136 Å². The Kier molecular flexibility index (Phi) is 5.42. The Morgan fingerprint density at radius 1 is 0.447 bits per heavy atom. The van der Waals surface area contributed by atoms with Crippen molar-refractivity contribution in [2.75, 3.05) is 0 Å². The van der Waals surface area contributed by atoms with Crippen molar-refractivity contribution < 1.29 is 0 Å². The van der Waals surface area contributed by atoms with Gasteiger partial charge in [-0.1, -0.05) is 120 Å². The summed E-state index contributed by atoms with van der Waals surface area (Å²) < 4.78 is 2.69. The molecule has 0 nitrogen and oxygen atoms in total. The molecule has 0 spiro atoms. The van der Waals surface area contributed by atoms with Crippen molar-refractivity contribution in [3.8, 4) is 33.4 Å². The number of aryl methyl sites for hydroxylation is 3. The Labute approximate surface area is 227 Å². The van der Waals surface area contributed by atoms with E-state index in [1.54, 1.807) is 0 Å². The van der Waals surface area contributed by atoms with Crippen molar-refractivity contribution in [2.24, 2.45) is 0 Å². The lowest BCUT2D eigenvalue weighted by molar-refractivity contribution is 1.38. The van der Waals surface area contributed by atoms with E-state index < -0.39 is 0 Å². The first-order valence-corrected chi connectivity index (χ1v) is 14.0. The molecule has 0 aliphatic rings. The van der Waals surface area contributed by atoms with Crippen LogP contribution in [-0.2, 0) is 0 Å². The summed E-state index contributed by atoms with van der Waals surface area (Å²) in [4.78, 5) is 0. The molecule has 0 bridgehead atoms. The molecule has 1 heteroatoms. The quantitative estimate of drug-likeness (QED) is 0.224. The van der Waals surface area contributed by atoms with Crippen LogP contribution in [0.4, 0.5) is 0 Å². The molecular formula is C37H28S. The molecular weight excluding hydrogens is 476 g/mol. The van der Waals surface area contributed by atoms with E-state index in [4.69, 9.17) is 0 Å². The largest absolute Gasteiger partial charge is 0.135 e. The summed E-state index contributed by atoms with van der Waals surface area (Å²) in [6.07, 6.45) is 0. The number of thiophene rings is 1. The molecule has 38 heavy (non-hydrogen) atoms. The van der Waals surface area contributed by atoms with Gasteiger partial charge in [0.15, 0.2) is 0 Å². The van der Waals surface area contributed by atoms with Gasteiger partial charge >= 0.3 is 0 Å². The summed E-state index contributed by atoms with van der Waals surface area (Å²) in [7, 11) is 0. The first-order chi connectivity index (χ1) is 18.5. The van der Waals surface area contributed by atoms with Gasteiger partial charge in [0, 0.05) is 25.7 Å². The Bertz CT molecular complexity index is 1970. The second kappa shape index (κ2) is 8.97. The number of benzene rings is 6. The fourth-order valence-corrected chi connectivity index (χ4v) is 7.10. The molecule has 0 N–H and O–H groups in total. The highest BCUT2D eigenvalue weighted by atomic mass is 32.1. The first-order valence-electron chi connectivity index (χ1n) is 13.2. The van der Waals surface area contributed by atoms with Crippen LogP contribution in [-0.4, -0.2) is 0 Å². The van der Waals surface area contributed by atoms with Crippen LogP contribution < -0.4 is 0 Å². The highest BCUT2D eigenvalue weighted by molar-refractivity contribution is 7.26. The van der Waals surface area contributed by atoms with Gasteiger partial charge < -0.3 is 0 Å². The Morgan fingerprint density at radius 3 is 2.00 bits per heavy atom. The SMILES string of the molecule is Cc1ccc(-c2ccc(-c3cc(C)cc(C)c3)cc2-c2cccc3c2sc2ccc4ccccc4c23)cc1. The Morgan fingerprint density at radius 2 is 1.18 bits per heavy atom. The highest BCUT2D eigenvalue weighted by Gasteiger charge is 2.16. The third kappa shape index (κ3) is 3.83. The number of fused-ring (bicyclic) bond motifs is 5. The van der Waals surface area contributed by atoms with E-state index in [1.807, 2.05) is 11.3 Å². The zero-order chi connectivity index (χ0) is 25.8. The molecule has 7 rings (SSSR count). The monoisotopic (exact) mass is 504 g/mol. The third-order valence-corrected chi connectivity index (χ3v) is 8.82. The molecule has 0 saturated heterocycles. The molecule has 7 aromatic rings. The second-order valence-electron chi connectivity index (χ2n) is 10.4. The van der Waals surface area contributed by atoms with Gasteiger partial charge in [0.1, 0.15) is 0 Å². The van der Waals surface area contributed by atoms with Crippen molar-refractivity contribution in [1.29, 1.82) is 0 Å². The molecule has 0 atom stereocenters. The van der Waals surface area contributed by atoms with Gasteiger partial charge in [0.25, 0.3) is 0 Å². The molecule has 6 aromatic carbocycles. The minimum Gasteiger partial charge on any atom is -0.135 e. The lowest BCUT2D eigenvalue weighted by Crippen LogP contribution is -1.89. The van der Waals surface area contributed by atoms with Crippen molar-refractivity contribution in [3.63, 3.8) is 0 Å². The van der Waals surface area contributed by atoms with E-state index in [-0.39, 0.29) is 0 Å². The molecule has 0 saturated carbocycles. The van der Waals surface area contributed by atoms with Crippen LogP contribution in [0.25, 0.3) is 64.3 Å². The average molecular weight is 505 g/mol. The fourth-order valence-electron chi connectivity index (χ4n) is 5.85. The van der Waals surface area contributed by atoms with Gasteiger partial charge in [0.2, 0.25) is 0 Å². The number of hydrogen-bond donors (Lipinski definition) is 0. The average Bonchev–Trinajstić information content (AvgIpc) is 3.32.